The predicted molar refractivity (Wildman–Crippen MR) is 148 cm³/mol. The molecule has 0 aliphatic carbocycles. The molecule has 8 nitrogen and oxygen atoms in total. The monoisotopic (exact) mass is 497 g/mol. The van der Waals surface area contributed by atoms with Gasteiger partial charge in [0.25, 0.3) is 5.91 Å². The molecule has 1 saturated heterocycles. The van der Waals surface area contributed by atoms with Crippen LogP contribution in [0.3, 0.4) is 0 Å². The van der Waals surface area contributed by atoms with Crippen LogP contribution in [0, 0.1) is 6.92 Å². The molecular weight excluding hydrogens is 462 g/mol. The van der Waals surface area contributed by atoms with E-state index in [1.54, 1.807) is 9.36 Å². The highest BCUT2D eigenvalue weighted by Crippen LogP contribution is 2.31. The second kappa shape index (κ2) is 10.2. The lowest BCUT2D eigenvalue weighted by Gasteiger charge is -2.34. The number of nitrogens with one attached hydrogen (secondary N) is 1. The number of rotatable bonds is 6. The Kier molecular flexibility index (Phi) is 6.84. The molecule has 8 heteroatoms. The fourth-order valence-electron chi connectivity index (χ4n) is 4.85. The van der Waals surface area contributed by atoms with E-state index in [1.807, 2.05) is 58.8 Å². The van der Waals surface area contributed by atoms with Crippen molar-refractivity contribution in [1.29, 1.82) is 0 Å². The SMILES string of the molecule is Cc1ccc(N2CCN(C)CC2)cc1C(=O)N[C@H](C)c1cc(-c2cnn(C)c2)cc(-c2cnn(C)c2)c1. The number of aromatic nitrogens is 4. The summed E-state index contributed by atoms with van der Waals surface area (Å²) in [6, 6.07) is 12.4. The fourth-order valence-corrected chi connectivity index (χ4v) is 4.85. The number of likely N-dealkylation sites (N-methyl/N-ethyl adjacent to an activating group) is 1. The molecule has 192 valence electrons. The van der Waals surface area contributed by atoms with Crippen LogP contribution in [-0.2, 0) is 14.1 Å². The average Bonchev–Trinajstić information content (AvgIpc) is 3.53. The Hall–Kier alpha value is -3.91. The Morgan fingerprint density at radius 1 is 0.838 bits per heavy atom. The van der Waals surface area contributed by atoms with Gasteiger partial charge in [0.05, 0.1) is 18.4 Å². The van der Waals surface area contributed by atoms with Crippen molar-refractivity contribution < 1.29 is 4.79 Å². The zero-order valence-corrected chi connectivity index (χ0v) is 22.3. The molecule has 0 radical (unpaired) electrons. The summed E-state index contributed by atoms with van der Waals surface area (Å²) in [5.74, 6) is -0.0595. The first-order valence-corrected chi connectivity index (χ1v) is 12.7. The van der Waals surface area contributed by atoms with Crippen molar-refractivity contribution in [2.75, 3.05) is 38.1 Å². The van der Waals surface area contributed by atoms with Crippen LogP contribution in [0.2, 0.25) is 0 Å². The minimum atomic E-state index is -0.189. The number of hydrogen-bond donors (Lipinski definition) is 1. The van der Waals surface area contributed by atoms with Crippen LogP contribution in [0.4, 0.5) is 5.69 Å². The zero-order valence-electron chi connectivity index (χ0n) is 22.3. The fraction of sp³-hybridized carbons (Fsp3) is 0.345. The molecule has 0 spiro atoms. The van der Waals surface area contributed by atoms with Crippen LogP contribution < -0.4 is 10.2 Å². The molecule has 1 aliphatic rings. The Bertz CT molecular complexity index is 1350. The van der Waals surface area contributed by atoms with E-state index in [0.29, 0.717) is 0 Å². The van der Waals surface area contributed by atoms with Crippen molar-refractivity contribution in [3.63, 3.8) is 0 Å². The molecule has 3 heterocycles. The van der Waals surface area contributed by atoms with Gasteiger partial charge in [0, 0.05) is 75.0 Å². The molecule has 37 heavy (non-hydrogen) atoms. The molecule has 2 aromatic carbocycles. The van der Waals surface area contributed by atoms with Crippen LogP contribution in [0.1, 0.15) is 34.5 Å². The average molecular weight is 498 g/mol. The number of anilines is 1. The highest BCUT2D eigenvalue weighted by atomic mass is 16.1. The van der Waals surface area contributed by atoms with Crippen molar-refractivity contribution in [1.82, 2.24) is 29.8 Å². The van der Waals surface area contributed by atoms with Crippen molar-refractivity contribution in [3.05, 3.63) is 77.9 Å². The van der Waals surface area contributed by atoms with Gasteiger partial charge in [-0.3, -0.25) is 14.2 Å². The summed E-state index contributed by atoms with van der Waals surface area (Å²) in [6.45, 7) is 8.02. The van der Waals surface area contributed by atoms with Crippen molar-refractivity contribution >= 4 is 11.6 Å². The Labute approximate surface area is 218 Å². The Balaban J connectivity index is 1.42. The normalized spacial score (nSPS) is 15.1. The quantitative estimate of drug-likeness (QED) is 0.435. The summed E-state index contributed by atoms with van der Waals surface area (Å²) in [5.41, 5.74) is 8.00. The second-order valence-electron chi connectivity index (χ2n) is 10.1. The maximum atomic E-state index is 13.5. The summed E-state index contributed by atoms with van der Waals surface area (Å²) < 4.78 is 3.60. The number of nitrogens with zero attached hydrogens (tertiary/aromatic N) is 6. The van der Waals surface area contributed by atoms with Crippen LogP contribution in [-0.4, -0.2) is 63.6 Å². The largest absolute Gasteiger partial charge is 0.369 e. The molecule has 0 saturated carbocycles. The molecule has 1 atom stereocenters. The van der Waals surface area contributed by atoms with E-state index in [0.717, 1.165) is 70.8 Å². The van der Waals surface area contributed by atoms with Gasteiger partial charge in [-0.05, 0) is 73.5 Å². The lowest BCUT2D eigenvalue weighted by Crippen LogP contribution is -2.44. The van der Waals surface area contributed by atoms with Gasteiger partial charge >= 0.3 is 0 Å². The summed E-state index contributed by atoms with van der Waals surface area (Å²) in [5, 5.41) is 11.9. The van der Waals surface area contributed by atoms with Crippen molar-refractivity contribution in [2.45, 2.75) is 19.9 Å². The summed E-state index contributed by atoms with van der Waals surface area (Å²) in [4.78, 5) is 18.2. The number of carbonyl (C=O) groups excluding carboxylic acids is 1. The standard InChI is InChI=1S/C29H35N7O/c1-20-6-7-27(36-10-8-33(3)9-11-36)15-28(20)29(37)32-21(2)22-12-23(25-16-30-34(4)18-25)14-24(13-22)26-17-31-35(5)19-26/h6-7,12-19,21H,8-11H2,1-5H3,(H,32,37)/t21-/m1/s1. The van der Waals surface area contributed by atoms with Crippen LogP contribution >= 0.6 is 0 Å². The number of aryl methyl sites for hydroxylation is 3. The molecular formula is C29H35N7O. The Morgan fingerprint density at radius 3 is 1.97 bits per heavy atom. The minimum absolute atomic E-state index is 0.0595. The third-order valence-corrected chi connectivity index (χ3v) is 7.21. The van der Waals surface area contributed by atoms with Gasteiger partial charge in [-0.15, -0.1) is 0 Å². The molecule has 1 amide bonds. The molecule has 0 bridgehead atoms. The first-order valence-electron chi connectivity index (χ1n) is 12.7. The predicted octanol–water partition coefficient (Wildman–Crippen LogP) is 4.04. The summed E-state index contributed by atoms with van der Waals surface area (Å²) in [6.07, 6.45) is 7.73. The van der Waals surface area contributed by atoms with Gasteiger partial charge in [-0.2, -0.15) is 10.2 Å². The minimum Gasteiger partial charge on any atom is -0.369 e. The van der Waals surface area contributed by atoms with Gasteiger partial charge in [0.15, 0.2) is 0 Å². The highest BCUT2D eigenvalue weighted by Gasteiger charge is 2.19. The molecule has 1 aliphatic heterocycles. The number of amides is 1. The third-order valence-electron chi connectivity index (χ3n) is 7.21. The van der Waals surface area contributed by atoms with E-state index in [1.165, 1.54) is 0 Å². The molecule has 1 N–H and O–H groups in total. The van der Waals surface area contributed by atoms with E-state index in [9.17, 15) is 4.79 Å². The number of hydrogen-bond acceptors (Lipinski definition) is 5. The summed E-state index contributed by atoms with van der Waals surface area (Å²) >= 11 is 0. The lowest BCUT2D eigenvalue weighted by molar-refractivity contribution is 0.0939. The lowest BCUT2D eigenvalue weighted by atomic mass is 9.96. The van der Waals surface area contributed by atoms with Gasteiger partial charge < -0.3 is 15.1 Å². The molecule has 1 fully saturated rings. The molecule has 2 aromatic heterocycles. The van der Waals surface area contributed by atoms with E-state index in [-0.39, 0.29) is 11.9 Å². The van der Waals surface area contributed by atoms with Crippen LogP contribution in [0.5, 0.6) is 0 Å². The third kappa shape index (κ3) is 5.44. The summed E-state index contributed by atoms with van der Waals surface area (Å²) in [7, 11) is 5.98. The van der Waals surface area contributed by atoms with E-state index >= 15 is 0 Å². The maximum Gasteiger partial charge on any atom is 0.252 e. The van der Waals surface area contributed by atoms with Gasteiger partial charge in [-0.1, -0.05) is 6.07 Å². The van der Waals surface area contributed by atoms with E-state index in [2.05, 4.69) is 62.7 Å². The van der Waals surface area contributed by atoms with E-state index < -0.39 is 0 Å². The molecule has 4 aromatic rings. The topological polar surface area (TPSA) is 71.2 Å². The van der Waals surface area contributed by atoms with Gasteiger partial charge in [0.2, 0.25) is 0 Å². The van der Waals surface area contributed by atoms with E-state index in [4.69, 9.17) is 0 Å². The molecule has 0 unspecified atom stereocenters. The Morgan fingerprint density at radius 2 is 1.43 bits per heavy atom. The smallest absolute Gasteiger partial charge is 0.252 e. The first kappa shape index (κ1) is 24.8. The van der Waals surface area contributed by atoms with Crippen molar-refractivity contribution in [2.24, 2.45) is 14.1 Å². The first-order chi connectivity index (χ1) is 17.8. The maximum absolute atomic E-state index is 13.5. The van der Waals surface area contributed by atoms with Gasteiger partial charge in [-0.25, -0.2) is 0 Å². The zero-order chi connectivity index (χ0) is 26.1. The van der Waals surface area contributed by atoms with Crippen LogP contribution in [0.15, 0.2) is 61.2 Å². The van der Waals surface area contributed by atoms with Gasteiger partial charge in [0.1, 0.15) is 0 Å². The second-order valence-corrected chi connectivity index (χ2v) is 10.1. The highest BCUT2D eigenvalue weighted by molar-refractivity contribution is 5.97. The number of carbonyl (C=O) groups is 1. The number of piperazine rings is 1. The number of benzene rings is 2. The van der Waals surface area contributed by atoms with Crippen LogP contribution in [0.25, 0.3) is 22.3 Å². The van der Waals surface area contributed by atoms with Crippen molar-refractivity contribution in [3.8, 4) is 22.3 Å². The molecule has 5 rings (SSSR count).